The summed E-state index contributed by atoms with van der Waals surface area (Å²) in [6.45, 7) is 18.3. The van der Waals surface area contributed by atoms with Gasteiger partial charge in [-0.25, -0.2) is 15.0 Å². The van der Waals surface area contributed by atoms with Gasteiger partial charge in [0.15, 0.2) is 0 Å². The number of furan rings is 1. The van der Waals surface area contributed by atoms with Crippen LogP contribution >= 0.6 is 0 Å². The van der Waals surface area contributed by atoms with Gasteiger partial charge in [-0.2, -0.15) is 0 Å². The lowest BCUT2D eigenvalue weighted by Crippen LogP contribution is -2.09. The van der Waals surface area contributed by atoms with Gasteiger partial charge in [0.2, 0.25) is 5.71 Å². The van der Waals surface area contributed by atoms with Crippen molar-refractivity contribution in [3.63, 3.8) is 0 Å². The van der Waals surface area contributed by atoms with Gasteiger partial charge in [-0.3, -0.25) is 9.13 Å². The number of imidazole rings is 2. The molecule has 14 aromatic rings. The van der Waals surface area contributed by atoms with Crippen molar-refractivity contribution in [2.45, 2.75) is 79.1 Å². The molecule has 0 radical (unpaired) electrons. The van der Waals surface area contributed by atoms with E-state index in [0.29, 0.717) is 22.8 Å². The van der Waals surface area contributed by atoms with Gasteiger partial charge in [0.1, 0.15) is 28.7 Å². The Hall–Kier alpha value is -9.59. The average molecular weight is 1070 g/mol. The first-order valence-electron chi connectivity index (χ1n) is 28.9. The van der Waals surface area contributed by atoms with Gasteiger partial charge in [-0.15, -0.1) is 0 Å². The van der Waals surface area contributed by atoms with Crippen molar-refractivity contribution in [2.24, 2.45) is 0 Å². The fraction of sp³-hybridized carbons (Fsp3) is 0.160. The van der Waals surface area contributed by atoms with Gasteiger partial charge in [0, 0.05) is 21.7 Å². The molecule has 0 amide bonds. The SMILES string of the molecule is CC(C)c1cc(-c2ccccc2)cc(C(C)C)c1-n1c(-c2cccc(Oc3cc(-c4nc5ccccc5n4-c4c(C(C)C)cc(-c5ccccc5)cc4C(C)C)c4oc5nc6ccc7ccccc7c6cc5c4c3)c2)nc2ccccc21. The zero-order chi connectivity index (χ0) is 55.9. The summed E-state index contributed by atoms with van der Waals surface area (Å²) in [7, 11) is 0. The molecule has 7 heteroatoms. The molecule has 0 saturated carbocycles. The number of fused-ring (bicyclic) bond motifs is 8. The maximum absolute atomic E-state index is 7.27. The van der Waals surface area contributed by atoms with Crippen LogP contribution in [0.25, 0.3) is 122 Å². The maximum Gasteiger partial charge on any atom is 0.227 e. The highest BCUT2D eigenvalue weighted by atomic mass is 16.5. The number of pyridine rings is 1. The predicted octanol–water partition coefficient (Wildman–Crippen LogP) is 20.9. The largest absolute Gasteiger partial charge is 0.457 e. The third-order valence-electron chi connectivity index (χ3n) is 16.4. The standard InChI is InChI=1S/C75H63N5O2/c1-44(2)57-37-52(48-22-11-9-12-23-48)38-58(45(3)4)70(57)79-68-32-19-17-30-66(68)76-73(79)51-27-21-28-54(36-51)81-55-41-62-63-43-61-56-29-16-15-26-50(56)34-35-65(61)78-75(63)82-72(62)64(42-55)74-77-67-31-18-20-33-69(67)80(74)71-59(46(5)6)39-53(40-60(71)47(7)8)49-24-13-10-14-25-49/h9-47H,1-8H3. The molecule has 0 atom stereocenters. The minimum Gasteiger partial charge on any atom is -0.457 e. The lowest BCUT2D eigenvalue weighted by Gasteiger charge is -2.24. The Labute approximate surface area is 478 Å². The average Bonchev–Trinajstić information content (AvgIpc) is 3.28. The molecule has 82 heavy (non-hydrogen) atoms. The van der Waals surface area contributed by atoms with Crippen LogP contribution in [0.15, 0.2) is 217 Å². The number of aromatic nitrogens is 5. The molecule has 0 aliphatic carbocycles. The van der Waals surface area contributed by atoms with E-state index in [1.807, 2.05) is 6.07 Å². The summed E-state index contributed by atoms with van der Waals surface area (Å²) in [6, 6.07) is 75.5. The molecule has 10 aromatic carbocycles. The van der Waals surface area contributed by atoms with Crippen LogP contribution < -0.4 is 4.74 Å². The van der Waals surface area contributed by atoms with Crippen molar-refractivity contribution in [3.05, 3.63) is 235 Å². The fourth-order valence-corrected chi connectivity index (χ4v) is 12.4. The Balaban J connectivity index is 0.992. The molecule has 400 valence electrons. The van der Waals surface area contributed by atoms with Gasteiger partial charge in [0.05, 0.1) is 44.5 Å². The molecule has 0 aliphatic rings. The Kier molecular flexibility index (Phi) is 12.5. The number of hydrogen-bond acceptors (Lipinski definition) is 5. The number of nitrogens with zero attached hydrogens (tertiary/aromatic N) is 5. The molecule has 4 aromatic heterocycles. The zero-order valence-electron chi connectivity index (χ0n) is 47.6. The van der Waals surface area contributed by atoms with Crippen LogP contribution in [0.3, 0.4) is 0 Å². The summed E-state index contributed by atoms with van der Waals surface area (Å²) in [6.07, 6.45) is 0. The van der Waals surface area contributed by atoms with Crippen LogP contribution in [-0.4, -0.2) is 24.1 Å². The molecule has 0 aliphatic heterocycles. The third-order valence-corrected chi connectivity index (χ3v) is 16.4. The molecule has 7 nitrogen and oxygen atoms in total. The molecular weight excluding hydrogens is 1000 g/mol. The van der Waals surface area contributed by atoms with Crippen molar-refractivity contribution in [1.29, 1.82) is 0 Å². The molecule has 4 heterocycles. The summed E-state index contributed by atoms with van der Waals surface area (Å²) in [4.78, 5) is 16.3. The van der Waals surface area contributed by atoms with Gasteiger partial charge >= 0.3 is 0 Å². The number of benzene rings is 10. The first kappa shape index (κ1) is 50.6. The molecule has 0 fully saturated rings. The maximum atomic E-state index is 7.27. The van der Waals surface area contributed by atoms with Crippen molar-refractivity contribution in [2.75, 3.05) is 0 Å². The highest BCUT2D eigenvalue weighted by Gasteiger charge is 2.28. The Bertz CT molecular complexity index is 4730. The monoisotopic (exact) mass is 1070 g/mol. The minimum atomic E-state index is 0.181. The van der Waals surface area contributed by atoms with Crippen LogP contribution in [0.4, 0.5) is 0 Å². The van der Waals surface area contributed by atoms with Gasteiger partial charge in [-0.05, 0) is 164 Å². The fourth-order valence-electron chi connectivity index (χ4n) is 12.4. The van der Waals surface area contributed by atoms with Gasteiger partial charge in [0.25, 0.3) is 0 Å². The summed E-state index contributed by atoms with van der Waals surface area (Å²) in [5.74, 6) is 3.73. The first-order chi connectivity index (χ1) is 39.9. The van der Waals surface area contributed by atoms with Crippen LogP contribution in [-0.2, 0) is 0 Å². The number of ether oxygens (including phenoxy) is 1. The normalized spacial score (nSPS) is 12.1. The molecule has 0 spiro atoms. The molecule has 0 saturated heterocycles. The van der Waals surface area contributed by atoms with E-state index in [1.54, 1.807) is 0 Å². The van der Waals surface area contributed by atoms with Crippen LogP contribution in [0.5, 0.6) is 11.5 Å². The van der Waals surface area contributed by atoms with E-state index in [4.69, 9.17) is 24.1 Å². The zero-order valence-corrected chi connectivity index (χ0v) is 47.6. The summed E-state index contributed by atoms with van der Waals surface area (Å²) in [5, 5.41) is 5.13. The van der Waals surface area contributed by atoms with E-state index in [-0.39, 0.29) is 23.7 Å². The van der Waals surface area contributed by atoms with Gasteiger partial charge < -0.3 is 9.15 Å². The van der Waals surface area contributed by atoms with Crippen LogP contribution in [0.1, 0.15) is 101 Å². The van der Waals surface area contributed by atoms with E-state index in [1.165, 1.54) is 50.2 Å². The Morgan fingerprint density at radius 3 is 1.45 bits per heavy atom. The number of rotatable bonds is 12. The third kappa shape index (κ3) is 8.62. The quantitative estimate of drug-likeness (QED) is 0.114. The predicted molar refractivity (Wildman–Crippen MR) is 340 cm³/mol. The highest BCUT2D eigenvalue weighted by Crippen LogP contribution is 2.47. The smallest absolute Gasteiger partial charge is 0.227 e. The van der Waals surface area contributed by atoms with Crippen molar-refractivity contribution >= 4 is 65.8 Å². The van der Waals surface area contributed by atoms with E-state index < -0.39 is 0 Å². The summed E-state index contributed by atoms with van der Waals surface area (Å²) < 4.78 is 19.1. The van der Waals surface area contributed by atoms with E-state index in [2.05, 4.69) is 271 Å². The molecule has 0 bridgehead atoms. The van der Waals surface area contributed by atoms with E-state index >= 15 is 0 Å². The lowest BCUT2D eigenvalue weighted by atomic mass is 9.88. The van der Waals surface area contributed by atoms with Crippen molar-refractivity contribution in [1.82, 2.24) is 24.1 Å². The van der Waals surface area contributed by atoms with Crippen LogP contribution in [0.2, 0.25) is 0 Å². The Morgan fingerprint density at radius 2 is 0.866 bits per heavy atom. The second-order valence-electron chi connectivity index (χ2n) is 23.2. The minimum absolute atomic E-state index is 0.181. The Morgan fingerprint density at radius 1 is 0.354 bits per heavy atom. The molecule has 0 N–H and O–H groups in total. The van der Waals surface area contributed by atoms with Crippen LogP contribution in [0, 0.1) is 0 Å². The molecule has 0 unspecified atom stereocenters. The second-order valence-corrected chi connectivity index (χ2v) is 23.2. The summed E-state index contributed by atoms with van der Waals surface area (Å²) in [5.41, 5.74) is 19.8. The van der Waals surface area contributed by atoms with E-state index in [9.17, 15) is 0 Å². The van der Waals surface area contributed by atoms with Crippen molar-refractivity contribution < 1.29 is 9.15 Å². The number of para-hydroxylation sites is 4. The first-order valence-corrected chi connectivity index (χ1v) is 28.9. The molecular formula is C75H63N5O2. The second kappa shape index (κ2) is 20.2. The summed E-state index contributed by atoms with van der Waals surface area (Å²) >= 11 is 0. The van der Waals surface area contributed by atoms with E-state index in [0.717, 1.165) is 83.0 Å². The number of hydrogen-bond donors (Lipinski definition) is 0. The highest BCUT2D eigenvalue weighted by molar-refractivity contribution is 6.16. The lowest BCUT2D eigenvalue weighted by molar-refractivity contribution is 0.483. The van der Waals surface area contributed by atoms with Crippen molar-refractivity contribution in [3.8, 4) is 67.9 Å². The molecule has 14 rings (SSSR count). The van der Waals surface area contributed by atoms with Gasteiger partial charge in [-0.1, -0.05) is 183 Å². The topological polar surface area (TPSA) is 70.9 Å².